The van der Waals surface area contributed by atoms with Crippen molar-refractivity contribution in [1.29, 1.82) is 0 Å². The van der Waals surface area contributed by atoms with E-state index in [0.717, 1.165) is 26.7 Å². The van der Waals surface area contributed by atoms with Crippen molar-refractivity contribution < 1.29 is 21.6 Å². The smallest absolute Gasteiger partial charge is 0.350 e. The molecule has 4 rings (SSSR count). The number of rotatable bonds is 7. The van der Waals surface area contributed by atoms with E-state index < -0.39 is 15.8 Å². The summed E-state index contributed by atoms with van der Waals surface area (Å²) >= 11 is 0. The number of alkyl halides is 2. The Morgan fingerprint density at radius 2 is 1.67 bits per heavy atom. The molecule has 2 aromatic carbocycles. The van der Waals surface area contributed by atoms with Crippen LogP contribution in [0.25, 0.3) is 12.2 Å². The monoisotopic (exact) mass is 476 g/mol. The van der Waals surface area contributed by atoms with Crippen molar-refractivity contribution in [3.05, 3.63) is 83.7 Å². The van der Waals surface area contributed by atoms with Gasteiger partial charge in [-0.25, -0.2) is 17.8 Å². The first-order valence-electron chi connectivity index (χ1n) is 10.4. The molecule has 0 radical (unpaired) electrons. The third-order valence-electron chi connectivity index (χ3n) is 5.45. The maximum absolute atomic E-state index is 14.0. The fraction of sp³-hybridized carbons (Fsp3) is 0.261. The van der Waals surface area contributed by atoms with Gasteiger partial charge in [0, 0.05) is 50.8 Å². The van der Waals surface area contributed by atoms with Crippen LogP contribution in [0.5, 0.6) is 0 Å². The molecule has 1 aliphatic heterocycles. The Labute approximate surface area is 190 Å². The Bertz CT molecular complexity index is 1210. The number of halogens is 3. The van der Waals surface area contributed by atoms with Gasteiger partial charge in [-0.1, -0.05) is 24.3 Å². The molecule has 1 aromatic heterocycles. The second-order valence-corrected chi connectivity index (χ2v) is 9.65. The first kappa shape index (κ1) is 23.1. The van der Waals surface area contributed by atoms with Gasteiger partial charge in [0.1, 0.15) is 5.82 Å². The molecule has 0 spiro atoms. The van der Waals surface area contributed by atoms with Crippen molar-refractivity contribution in [1.82, 2.24) is 13.9 Å². The number of hydrogen-bond donors (Lipinski definition) is 0. The quantitative estimate of drug-likeness (QED) is 0.485. The van der Waals surface area contributed by atoms with Crippen molar-refractivity contribution in [2.24, 2.45) is 0 Å². The van der Waals surface area contributed by atoms with Crippen LogP contribution in [0.3, 0.4) is 0 Å². The molecule has 3 aromatic rings. The Kier molecular flexibility index (Phi) is 6.85. The highest BCUT2D eigenvalue weighted by Gasteiger charge is 2.34. The highest BCUT2D eigenvalue weighted by Crippen LogP contribution is 2.21. The highest BCUT2D eigenvalue weighted by atomic mass is 32.2. The maximum atomic E-state index is 14.0. The summed E-state index contributed by atoms with van der Waals surface area (Å²) in [6.07, 6.45) is 8.89. The zero-order valence-electron chi connectivity index (χ0n) is 17.7. The van der Waals surface area contributed by atoms with Crippen LogP contribution in [0.15, 0.2) is 61.2 Å². The van der Waals surface area contributed by atoms with Crippen LogP contribution in [-0.2, 0) is 16.6 Å². The number of anilines is 1. The number of sulfonamides is 1. The van der Waals surface area contributed by atoms with Crippen molar-refractivity contribution in [2.45, 2.75) is 12.3 Å². The summed E-state index contributed by atoms with van der Waals surface area (Å²) in [6, 6.07) is 12.5. The summed E-state index contributed by atoms with van der Waals surface area (Å²) in [5.74, 6) is -3.70. The van der Waals surface area contributed by atoms with E-state index in [4.69, 9.17) is 0 Å². The Balaban J connectivity index is 1.39. The van der Waals surface area contributed by atoms with Crippen molar-refractivity contribution in [2.75, 3.05) is 31.1 Å². The van der Waals surface area contributed by atoms with Crippen LogP contribution in [0, 0.1) is 5.82 Å². The summed E-state index contributed by atoms with van der Waals surface area (Å²) in [5.41, 5.74) is 3.37. The van der Waals surface area contributed by atoms with E-state index >= 15 is 0 Å². The first-order chi connectivity index (χ1) is 15.8. The number of hydrogen-bond acceptors (Lipinski definition) is 4. The topological polar surface area (TPSA) is 58.4 Å². The van der Waals surface area contributed by atoms with Gasteiger partial charge in [-0.2, -0.15) is 13.1 Å². The van der Waals surface area contributed by atoms with Gasteiger partial charge in [0.25, 0.3) is 10.0 Å². The Morgan fingerprint density at radius 3 is 2.30 bits per heavy atom. The number of nitrogens with zero attached hydrogens (tertiary/aromatic N) is 4. The largest absolute Gasteiger partial charge is 0.369 e. The predicted molar refractivity (Wildman–Crippen MR) is 122 cm³/mol. The molecule has 1 saturated heterocycles. The second kappa shape index (κ2) is 9.80. The lowest BCUT2D eigenvalue weighted by Crippen LogP contribution is -2.50. The SMILES string of the molecule is O=S(=O)(C(F)F)N1CCN(c2ccc(/C=C/c3cc(F)cc(Cn4ccnc4)c3)cc2)CC1. The molecule has 10 heteroatoms. The first-order valence-corrected chi connectivity index (χ1v) is 11.9. The van der Waals surface area contributed by atoms with Crippen molar-refractivity contribution >= 4 is 27.9 Å². The molecule has 1 fully saturated rings. The van der Waals surface area contributed by atoms with E-state index in [1.807, 2.05) is 58.1 Å². The van der Waals surface area contributed by atoms with E-state index in [9.17, 15) is 21.6 Å². The van der Waals surface area contributed by atoms with Gasteiger partial charge in [0.2, 0.25) is 0 Å². The standard InChI is InChI=1S/C23H23F3N4O2S/c24-21-14-19(13-20(15-21)16-28-8-7-27-17-28)2-1-18-3-5-22(6-4-18)29-9-11-30(12-10-29)33(31,32)23(25)26/h1-8,13-15,17,23H,9-12,16H2/b2-1+. The molecule has 0 saturated carbocycles. The zero-order valence-corrected chi connectivity index (χ0v) is 18.5. The van der Waals surface area contributed by atoms with Gasteiger partial charge >= 0.3 is 5.76 Å². The molecule has 0 N–H and O–H groups in total. The van der Waals surface area contributed by atoms with Crippen LogP contribution in [0.4, 0.5) is 18.9 Å². The van der Waals surface area contributed by atoms with Gasteiger partial charge < -0.3 is 9.47 Å². The number of piperazine rings is 1. The zero-order chi connectivity index (χ0) is 23.4. The maximum Gasteiger partial charge on any atom is 0.350 e. The average molecular weight is 477 g/mol. The summed E-state index contributed by atoms with van der Waals surface area (Å²) in [4.78, 5) is 5.95. The minimum Gasteiger partial charge on any atom is -0.369 e. The van der Waals surface area contributed by atoms with Gasteiger partial charge in [-0.15, -0.1) is 0 Å². The molecular weight excluding hydrogens is 453 g/mol. The molecule has 174 valence electrons. The van der Waals surface area contributed by atoms with E-state index in [2.05, 4.69) is 4.98 Å². The molecule has 0 bridgehead atoms. The van der Waals surface area contributed by atoms with Crippen LogP contribution >= 0.6 is 0 Å². The number of benzene rings is 2. The van der Waals surface area contributed by atoms with E-state index in [1.165, 1.54) is 12.1 Å². The predicted octanol–water partition coefficient (Wildman–Crippen LogP) is 3.92. The van der Waals surface area contributed by atoms with Crippen molar-refractivity contribution in [3.63, 3.8) is 0 Å². The molecule has 0 amide bonds. The molecule has 2 heterocycles. The lowest BCUT2D eigenvalue weighted by Gasteiger charge is -2.35. The van der Waals surface area contributed by atoms with Crippen LogP contribution in [0.2, 0.25) is 0 Å². The summed E-state index contributed by atoms with van der Waals surface area (Å²) in [7, 11) is -4.53. The van der Waals surface area contributed by atoms with Crippen LogP contribution in [-0.4, -0.2) is 54.2 Å². The van der Waals surface area contributed by atoms with Gasteiger partial charge in [0.15, 0.2) is 0 Å². The lowest BCUT2D eigenvalue weighted by atomic mass is 10.1. The normalized spacial score (nSPS) is 15.6. The third-order valence-corrected chi connectivity index (χ3v) is 6.99. The van der Waals surface area contributed by atoms with E-state index in [1.54, 1.807) is 12.5 Å². The Hall–Kier alpha value is -3.11. The molecule has 33 heavy (non-hydrogen) atoms. The molecule has 0 atom stereocenters. The fourth-order valence-corrected chi connectivity index (χ4v) is 4.65. The molecule has 6 nitrogen and oxygen atoms in total. The second-order valence-electron chi connectivity index (χ2n) is 7.74. The van der Waals surface area contributed by atoms with Crippen LogP contribution < -0.4 is 4.90 Å². The van der Waals surface area contributed by atoms with Crippen LogP contribution in [0.1, 0.15) is 16.7 Å². The summed E-state index contributed by atoms with van der Waals surface area (Å²) < 4.78 is 65.4. The van der Waals surface area contributed by atoms with E-state index in [-0.39, 0.29) is 18.9 Å². The lowest BCUT2D eigenvalue weighted by molar-refractivity contribution is 0.217. The summed E-state index contributed by atoms with van der Waals surface area (Å²) in [6.45, 7) is 1.25. The molecule has 0 unspecified atom stereocenters. The minimum absolute atomic E-state index is 0.0231. The molecule has 1 aliphatic rings. The van der Waals surface area contributed by atoms with Gasteiger partial charge in [-0.05, 0) is 47.0 Å². The van der Waals surface area contributed by atoms with Gasteiger partial charge in [0.05, 0.1) is 6.33 Å². The third kappa shape index (κ3) is 5.63. The van der Waals surface area contributed by atoms with E-state index in [0.29, 0.717) is 19.6 Å². The summed E-state index contributed by atoms with van der Waals surface area (Å²) in [5, 5.41) is 0. The number of imidazole rings is 1. The van der Waals surface area contributed by atoms with Gasteiger partial charge in [-0.3, -0.25) is 0 Å². The molecule has 0 aliphatic carbocycles. The highest BCUT2D eigenvalue weighted by molar-refractivity contribution is 7.89. The molecular formula is C23H23F3N4O2S. The average Bonchev–Trinajstić information content (AvgIpc) is 3.31. The fourth-order valence-electron chi connectivity index (χ4n) is 3.76. The minimum atomic E-state index is -4.53. The van der Waals surface area contributed by atoms with Crippen molar-refractivity contribution in [3.8, 4) is 0 Å². The Morgan fingerprint density at radius 1 is 0.970 bits per heavy atom. The number of aromatic nitrogens is 2.